The zero-order valence-corrected chi connectivity index (χ0v) is 20.9. The summed E-state index contributed by atoms with van der Waals surface area (Å²) in [6, 6.07) is 9.49. The van der Waals surface area contributed by atoms with Crippen molar-refractivity contribution in [2.75, 3.05) is 7.11 Å². The third-order valence-corrected chi connectivity index (χ3v) is 9.34. The first kappa shape index (κ1) is 24.0. The number of rotatable bonds is 6. The summed E-state index contributed by atoms with van der Waals surface area (Å²) in [5.74, 6) is -0.415. The van der Waals surface area contributed by atoms with Crippen LogP contribution in [-0.4, -0.2) is 39.4 Å². The van der Waals surface area contributed by atoms with Crippen LogP contribution in [0.3, 0.4) is 0 Å². The summed E-state index contributed by atoms with van der Waals surface area (Å²) in [5.41, 5.74) is 4.13. The molecule has 0 atom stereocenters. The predicted molar refractivity (Wildman–Crippen MR) is 126 cm³/mol. The van der Waals surface area contributed by atoms with E-state index in [2.05, 4.69) is 45.4 Å². The highest BCUT2D eigenvalue weighted by atomic mass is 28.3. The Morgan fingerprint density at radius 1 is 0.933 bits per heavy atom. The predicted octanol–water partition coefficient (Wildman–Crippen LogP) is 3.09. The molecule has 0 spiro atoms. The maximum absolute atomic E-state index is 11.9. The maximum Gasteiger partial charge on any atom is 0.337 e. The number of carbonyl (C=O) groups excluding carboxylic acids is 1. The molecule has 2 aromatic rings. The number of carbonyl (C=O) groups is 1. The van der Waals surface area contributed by atoms with Crippen LogP contribution in [0, 0.1) is 11.3 Å². The third kappa shape index (κ3) is 4.42. The summed E-state index contributed by atoms with van der Waals surface area (Å²) in [7, 11) is -2.75. The Morgan fingerprint density at radius 2 is 1.40 bits per heavy atom. The van der Waals surface area contributed by atoms with Crippen LogP contribution in [0.5, 0.6) is 0 Å². The molecule has 0 heterocycles. The van der Waals surface area contributed by atoms with Gasteiger partial charge in [0.15, 0.2) is 0 Å². The van der Waals surface area contributed by atoms with Crippen molar-refractivity contribution >= 4 is 32.5 Å². The van der Waals surface area contributed by atoms with Gasteiger partial charge in [0, 0.05) is 0 Å². The molecular weight excluding hydrogens is 410 g/mol. The molecular formula is C23H31NO4Si2. The number of nitriles is 1. The Morgan fingerprint density at radius 3 is 1.77 bits per heavy atom. The molecule has 2 rings (SSSR count). The van der Waals surface area contributed by atoms with Crippen molar-refractivity contribution in [2.45, 2.75) is 52.5 Å². The van der Waals surface area contributed by atoms with Crippen LogP contribution in [0.4, 0.5) is 0 Å². The quantitative estimate of drug-likeness (QED) is 0.531. The van der Waals surface area contributed by atoms with Gasteiger partial charge in [-0.05, 0) is 44.8 Å². The Balaban J connectivity index is 3.07. The molecule has 7 heteroatoms. The second-order valence-corrected chi connectivity index (χ2v) is 19.5. The molecule has 0 aliphatic carbocycles. The van der Waals surface area contributed by atoms with Gasteiger partial charge >= 0.3 is 5.97 Å². The van der Waals surface area contributed by atoms with E-state index in [1.165, 1.54) is 7.11 Å². The van der Waals surface area contributed by atoms with Crippen LogP contribution < -0.4 is 10.4 Å². The molecule has 0 aliphatic heterocycles. The van der Waals surface area contributed by atoms with E-state index in [0.717, 1.165) is 27.1 Å². The highest BCUT2D eigenvalue weighted by Gasteiger charge is 2.35. The van der Waals surface area contributed by atoms with E-state index in [1.807, 2.05) is 12.1 Å². The normalized spacial score (nSPS) is 11.9. The van der Waals surface area contributed by atoms with Gasteiger partial charge in [-0.2, -0.15) is 5.26 Å². The van der Waals surface area contributed by atoms with Crippen LogP contribution in [0.2, 0.25) is 39.3 Å². The molecule has 2 aromatic carbocycles. The standard InChI is InChI=1S/C23H31NO4Si2/c1-28-23(27)16-10-8-15(9-11-16)20-17(12-24)21(29(2,3)4)18(13-25)19(14-26)22(20)30(5,6)7/h8-11,25-26H,13-14H2,1-7H3. The molecule has 0 bridgehead atoms. The van der Waals surface area contributed by atoms with E-state index >= 15 is 0 Å². The molecule has 2 N–H and O–H groups in total. The molecule has 0 fully saturated rings. The van der Waals surface area contributed by atoms with Gasteiger partial charge < -0.3 is 14.9 Å². The Labute approximate surface area is 181 Å². The van der Waals surface area contributed by atoms with Gasteiger partial charge in [0.25, 0.3) is 0 Å². The average molecular weight is 442 g/mol. The molecule has 0 radical (unpaired) electrons. The Kier molecular flexibility index (Phi) is 7.10. The number of aliphatic hydroxyl groups excluding tert-OH is 2. The lowest BCUT2D eigenvalue weighted by Gasteiger charge is -2.33. The number of methoxy groups -OCH3 is 1. The molecule has 0 saturated heterocycles. The van der Waals surface area contributed by atoms with E-state index in [4.69, 9.17) is 4.74 Å². The van der Waals surface area contributed by atoms with Crippen molar-refractivity contribution in [2.24, 2.45) is 0 Å². The summed E-state index contributed by atoms with van der Waals surface area (Å²) in [5, 5.41) is 32.7. The molecule has 30 heavy (non-hydrogen) atoms. The minimum atomic E-state index is -2.05. The van der Waals surface area contributed by atoms with Gasteiger partial charge in [-0.1, -0.05) is 51.4 Å². The fourth-order valence-corrected chi connectivity index (χ4v) is 8.37. The lowest BCUT2D eigenvalue weighted by Crippen LogP contribution is -2.50. The monoisotopic (exact) mass is 441 g/mol. The fourth-order valence-electron chi connectivity index (χ4n) is 4.15. The summed E-state index contributed by atoms with van der Waals surface area (Å²) in [6.45, 7) is 12.5. The van der Waals surface area contributed by atoms with Crippen LogP contribution in [-0.2, 0) is 18.0 Å². The molecule has 0 saturated carbocycles. The van der Waals surface area contributed by atoms with Crippen molar-refractivity contribution < 1.29 is 19.7 Å². The fraction of sp³-hybridized carbons (Fsp3) is 0.391. The first-order chi connectivity index (χ1) is 13.9. The van der Waals surface area contributed by atoms with Gasteiger partial charge in [-0.15, -0.1) is 0 Å². The van der Waals surface area contributed by atoms with Crippen molar-refractivity contribution in [3.63, 3.8) is 0 Å². The molecule has 0 amide bonds. The average Bonchev–Trinajstić information content (AvgIpc) is 2.69. The molecule has 0 unspecified atom stereocenters. The van der Waals surface area contributed by atoms with E-state index < -0.39 is 22.1 Å². The topological polar surface area (TPSA) is 90.6 Å². The largest absolute Gasteiger partial charge is 0.465 e. The number of aliphatic hydroxyl groups is 2. The SMILES string of the molecule is COC(=O)c1ccc(-c2c(C#N)c([Si](C)(C)C)c(CO)c(CO)c2[Si](C)(C)C)cc1. The molecule has 0 aliphatic rings. The first-order valence-electron chi connectivity index (χ1n) is 9.95. The van der Waals surface area contributed by atoms with Gasteiger partial charge in [0.1, 0.15) is 0 Å². The second-order valence-electron chi connectivity index (χ2n) is 9.45. The smallest absolute Gasteiger partial charge is 0.337 e. The van der Waals surface area contributed by atoms with Crippen molar-refractivity contribution in [3.8, 4) is 17.2 Å². The first-order valence-corrected chi connectivity index (χ1v) is 17.0. The summed E-state index contributed by atoms with van der Waals surface area (Å²) in [6.07, 6.45) is 0. The van der Waals surface area contributed by atoms with Gasteiger partial charge in [-0.3, -0.25) is 0 Å². The van der Waals surface area contributed by atoms with Crippen molar-refractivity contribution in [3.05, 3.63) is 46.5 Å². The van der Waals surface area contributed by atoms with Gasteiger partial charge in [0.2, 0.25) is 0 Å². The minimum absolute atomic E-state index is 0.189. The molecule has 160 valence electrons. The zero-order valence-electron chi connectivity index (χ0n) is 18.9. The number of esters is 1. The van der Waals surface area contributed by atoms with E-state index in [9.17, 15) is 20.3 Å². The number of hydrogen-bond acceptors (Lipinski definition) is 5. The lowest BCUT2D eigenvalue weighted by atomic mass is 9.93. The summed E-state index contributed by atoms with van der Waals surface area (Å²) >= 11 is 0. The molecule has 0 aromatic heterocycles. The van der Waals surface area contributed by atoms with E-state index in [-0.39, 0.29) is 13.2 Å². The van der Waals surface area contributed by atoms with Crippen LogP contribution in [0.25, 0.3) is 11.1 Å². The van der Waals surface area contributed by atoms with Crippen molar-refractivity contribution in [1.82, 2.24) is 0 Å². The van der Waals surface area contributed by atoms with E-state index in [1.54, 1.807) is 12.1 Å². The van der Waals surface area contributed by atoms with Crippen LogP contribution in [0.1, 0.15) is 27.0 Å². The number of nitrogens with zero attached hydrogens (tertiary/aromatic N) is 1. The maximum atomic E-state index is 11.9. The Bertz CT molecular complexity index is 995. The zero-order chi connectivity index (χ0) is 22.9. The van der Waals surface area contributed by atoms with Crippen molar-refractivity contribution in [1.29, 1.82) is 5.26 Å². The number of hydrogen-bond donors (Lipinski definition) is 2. The number of benzene rings is 2. The highest BCUT2D eigenvalue weighted by molar-refractivity contribution is 6.92. The minimum Gasteiger partial charge on any atom is -0.465 e. The van der Waals surface area contributed by atoms with Gasteiger partial charge in [0.05, 0.1) is 53.7 Å². The van der Waals surface area contributed by atoms with Crippen LogP contribution >= 0.6 is 0 Å². The Hall–Kier alpha value is -2.25. The lowest BCUT2D eigenvalue weighted by molar-refractivity contribution is 0.0600. The summed E-state index contributed by atoms with van der Waals surface area (Å²) < 4.78 is 4.80. The third-order valence-electron chi connectivity index (χ3n) is 5.24. The molecule has 5 nitrogen and oxygen atoms in total. The van der Waals surface area contributed by atoms with Gasteiger partial charge in [-0.25, -0.2) is 4.79 Å². The highest BCUT2D eigenvalue weighted by Crippen LogP contribution is 2.30. The second kappa shape index (κ2) is 8.86. The summed E-state index contributed by atoms with van der Waals surface area (Å²) in [4.78, 5) is 11.9. The van der Waals surface area contributed by atoms with Crippen LogP contribution in [0.15, 0.2) is 24.3 Å². The van der Waals surface area contributed by atoms with E-state index in [0.29, 0.717) is 16.7 Å². The number of ether oxygens (including phenoxy) is 1.